The quantitative estimate of drug-likeness (QED) is 0.840. The summed E-state index contributed by atoms with van der Waals surface area (Å²) in [6.07, 6.45) is 1.07. The van der Waals surface area contributed by atoms with E-state index in [9.17, 15) is 4.39 Å². The maximum Gasteiger partial charge on any atom is 0.225 e. The van der Waals surface area contributed by atoms with Gasteiger partial charge in [-0.1, -0.05) is 6.07 Å². The number of aliphatic hydroxyl groups is 1. The first-order valence-electron chi connectivity index (χ1n) is 5.16. The van der Waals surface area contributed by atoms with Crippen molar-refractivity contribution >= 4 is 0 Å². The van der Waals surface area contributed by atoms with Crippen LogP contribution in [0, 0.1) is 5.95 Å². The molecule has 5 nitrogen and oxygen atoms in total. The van der Waals surface area contributed by atoms with E-state index >= 15 is 0 Å². The van der Waals surface area contributed by atoms with Gasteiger partial charge in [-0.05, 0) is 17.7 Å². The molecular weight excluding hydrogens is 239 g/mol. The highest BCUT2D eigenvalue weighted by Gasteiger charge is 2.08. The Morgan fingerprint density at radius 1 is 1.22 bits per heavy atom. The normalized spacial score (nSPS) is 10.2. The van der Waals surface area contributed by atoms with E-state index in [1.165, 1.54) is 7.11 Å². The number of methoxy groups -OCH3 is 1. The Balaban J connectivity index is 2.28. The summed E-state index contributed by atoms with van der Waals surface area (Å²) in [4.78, 5) is 7.10. The Bertz CT molecular complexity index is 549. The van der Waals surface area contributed by atoms with E-state index in [1.807, 2.05) is 0 Å². The number of halogens is 1. The molecule has 0 aliphatic rings. The molecule has 0 unspecified atom stereocenters. The highest BCUT2D eigenvalue weighted by molar-refractivity contribution is 5.44. The summed E-state index contributed by atoms with van der Waals surface area (Å²) in [7, 11) is 1.48. The number of hydrogen-bond donors (Lipinski definition) is 1. The third-order valence-corrected chi connectivity index (χ3v) is 2.23. The zero-order valence-corrected chi connectivity index (χ0v) is 9.63. The predicted octanol–water partition coefficient (Wildman–Crippen LogP) is 1.91. The van der Waals surface area contributed by atoms with Gasteiger partial charge in [0.2, 0.25) is 11.8 Å². The zero-order valence-electron chi connectivity index (χ0n) is 9.63. The minimum Gasteiger partial charge on any atom is -0.493 e. The number of rotatable bonds is 4. The third kappa shape index (κ3) is 2.72. The number of benzene rings is 1. The highest BCUT2D eigenvalue weighted by atomic mass is 19.1. The van der Waals surface area contributed by atoms with Gasteiger partial charge in [-0.15, -0.1) is 0 Å². The van der Waals surface area contributed by atoms with Crippen molar-refractivity contribution in [3.63, 3.8) is 0 Å². The molecule has 1 heterocycles. The Kier molecular flexibility index (Phi) is 3.69. The summed E-state index contributed by atoms with van der Waals surface area (Å²) >= 11 is 0. The lowest BCUT2D eigenvalue weighted by Gasteiger charge is -2.10. The highest BCUT2D eigenvalue weighted by Crippen LogP contribution is 2.31. The van der Waals surface area contributed by atoms with Gasteiger partial charge in [0, 0.05) is 0 Å². The zero-order chi connectivity index (χ0) is 13.0. The minimum absolute atomic E-state index is 0.0811. The SMILES string of the molecule is COc1cc(CO)ccc1Oc1cc(F)ncn1. The van der Waals surface area contributed by atoms with Crippen LogP contribution in [0.1, 0.15) is 5.56 Å². The molecule has 6 heteroatoms. The summed E-state index contributed by atoms with van der Waals surface area (Å²) in [5.41, 5.74) is 0.688. The number of nitrogens with zero attached hydrogens (tertiary/aromatic N) is 2. The monoisotopic (exact) mass is 250 g/mol. The lowest BCUT2D eigenvalue weighted by molar-refractivity contribution is 0.280. The molecule has 0 saturated carbocycles. The summed E-state index contributed by atoms with van der Waals surface area (Å²) in [5.74, 6) is 0.219. The molecule has 1 aromatic carbocycles. The second-order valence-electron chi connectivity index (χ2n) is 3.42. The van der Waals surface area contributed by atoms with E-state index in [0.717, 1.165) is 12.4 Å². The number of aromatic nitrogens is 2. The molecule has 1 aromatic heterocycles. The second kappa shape index (κ2) is 5.42. The van der Waals surface area contributed by atoms with Crippen LogP contribution < -0.4 is 9.47 Å². The van der Waals surface area contributed by atoms with Gasteiger partial charge in [0.1, 0.15) is 6.33 Å². The maximum absolute atomic E-state index is 12.9. The van der Waals surface area contributed by atoms with Crippen molar-refractivity contribution in [2.24, 2.45) is 0 Å². The molecule has 0 bridgehead atoms. The molecule has 0 radical (unpaired) electrons. The lowest BCUT2D eigenvalue weighted by Crippen LogP contribution is -1.95. The van der Waals surface area contributed by atoms with Crippen LogP contribution in [0.3, 0.4) is 0 Å². The smallest absolute Gasteiger partial charge is 0.225 e. The fraction of sp³-hybridized carbons (Fsp3) is 0.167. The summed E-state index contributed by atoms with van der Waals surface area (Å²) in [6, 6.07) is 5.99. The van der Waals surface area contributed by atoms with Crippen molar-refractivity contribution in [2.75, 3.05) is 7.11 Å². The second-order valence-corrected chi connectivity index (χ2v) is 3.42. The first-order valence-corrected chi connectivity index (χ1v) is 5.16. The average molecular weight is 250 g/mol. The van der Waals surface area contributed by atoms with Crippen LogP contribution >= 0.6 is 0 Å². The number of hydrogen-bond acceptors (Lipinski definition) is 5. The maximum atomic E-state index is 12.9. The van der Waals surface area contributed by atoms with Crippen LogP contribution in [-0.2, 0) is 6.61 Å². The standard InChI is InChI=1S/C12H11FN2O3/c1-17-10-4-8(6-16)2-3-9(10)18-12-5-11(13)14-7-15-12/h2-5,7,16H,6H2,1H3. The topological polar surface area (TPSA) is 64.5 Å². The van der Waals surface area contributed by atoms with Crippen LogP contribution in [-0.4, -0.2) is 22.2 Å². The molecule has 0 spiro atoms. The van der Waals surface area contributed by atoms with Crippen LogP contribution in [0.5, 0.6) is 17.4 Å². The lowest BCUT2D eigenvalue weighted by atomic mass is 10.2. The fourth-order valence-corrected chi connectivity index (χ4v) is 1.38. The van der Waals surface area contributed by atoms with Gasteiger partial charge in [0.25, 0.3) is 0 Å². The van der Waals surface area contributed by atoms with Crippen LogP contribution in [0.25, 0.3) is 0 Å². The van der Waals surface area contributed by atoms with Crippen LogP contribution in [0.15, 0.2) is 30.6 Å². The van der Waals surface area contributed by atoms with E-state index in [-0.39, 0.29) is 12.5 Å². The average Bonchev–Trinajstić information content (AvgIpc) is 2.39. The molecule has 18 heavy (non-hydrogen) atoms. The molecule has 0 amide bonds. The van der Waals surface area contributed by atoms with E-state index in [4.69, 9.17) is 14.6 Å². The predicted molar refractivity (Wildman–Crippen MR) is 61.0 cm³/mol. The van der Waals surface area contributed by atoms with E-state index in [2.05, 4.69) is 9.97 Å². The van der Waals surface area contributed by atoms with E-state index in [1.54, 1.807) is 18.2 Å². The Morgan fingerprint density at radius 2 is 2.06 bits per heavy atom. The Hall–Kier alpha value is -2.21. The van der Waals surface area contributed by atoms with Crippen molar-refractivity contribution in [1.29, 1.82) is 0 Å². The van der Waals surface area contributed by atoms with Gasteiger partial charge in [-0.2, -0.15) is 4.39 Å². The summed E-state index contributed by atoms with van der Waals surface area (Å²) < 4.78 is 23.4. The van der Waals surface area contributed by atoms with Gasteiger partial charge < -0.3 is 14.6 Å². The molecule has 0 aliphatic heterocycles. The first kappa shape index (κ1) is 12.3. The molecular formula is C12H11FN2O3. The van der Waals surface area contributed by atoms with Crippen molar-refractivity contribution in [2.45, 2.75) is 6.61 Å². The van der Waals surface area contributed by atoms with Crippen LogP contribution in [0.2, 0.25) is 0 Å². The van der Waals surface area contributed by atoms with E-state index in [0.29, 0.717) is 17.1 Å². The first-order chi connectivity index (χ1) is 8.72. The van der Waals surface area contributed by atoms with Gasteiger partial charge >= 0.3 is 0 Å². The van der Waals surface area contributed by atoms with Gasteiger partial charge in [-0.3, -0.25) is 0 Å². The minimum atomic E-state index is -0.675. The molecule has 1 N–H and O–H groups in total. The number of aliphatic hydroxyl groups excluding tert-OH is 1. The molecule has 0 fully saturated rings. The largest absolute Gasteiger partial charge is 0.493 e. The molecule has 0 saturated heterocycles. The van der Waals surface area contributed by atoms with Gasteiger partial charge in [-0.25, -0.2) is 9.97 Å². The van der Waals surface area contributed by atoms with Gasteiger partial charge in [0.05, 0.1) is 19.8 Å². The molecule has 2 rings (SSSR count). The van der Waals surface area contributed by atoms with Crippen molar-refractivity contribution in [3.05, 3.63) is 42.1 Å². The molecule has 0 atom stereocenters. The molecule has 2 aromatic rings. The van der Waals surface area contributed by atoms with Crippen LogP contribution in [0.4, 0.5) is 4.39 Å². The third-order valence-electron chi connectivity index (χ3n) is 2.23. The van der Waals surface area contributed by atoms with Crippen molar-refractivity contribution in [3.8, 4) is 17.4 Å². The molecule has 0 aliphatic carbocycles. The van der Waals surface area contributed by atoms with Crippen molar-refractivity contribution in [1.82, 2.24) is 9.97 Å². The summed E-state index contributed by atoms with van der Waals surface area (Å²) in [6.45, 7) is -0.0984. The van der Waals surface area contributed by atoms with Gasteiger partial charge in [0.15, 0.2) is 11.5 Å². The summed E-state index contributed by atoms with van der Waals surface area (Å²) in [5, 5.41) is 9.01. The van der Waals surface area contributed by atoms with Crippen molar-refractivity contribution < 1.29 is 19.0 Å². The Labute approximate surface area is 103 Å². The van der Waals surface area contributed by atoms with E-state index < -0.39 is 5.95 Å². The molecule has 94 valence electrons. The fourth-order valence-electron chi connectivity index (χ4n) is 1.38. The Morgan fingerprint density at radius 3 is 2.72 bits per heavy atom. The number of ether oxygens (including phenoxy) is 2.